The second-order valence-corrected chi connectivity index (χ2v) is 7.33. The average molecular weight is 358 g/mol. The number of carboxylic acid groups (broad SMARTS) is 1. The van der Waals surface area contributed by atoms with Crippen molar-refractivity contribution in [1.82, 2.24) is 9.62 Å². The molecule has 0 radical (unpaired) electrons. The van der Waals surface area contributed by atoms with Crippen LogP contribution in [0.3, 0.4) is 0 Å². The van der Waals surface area contributed by atoms with Crippen LogP contribution in [0.1, 0.15) is 19.3 Å². The van der Waals surface area contributed by atoms with Gasteiger partial charge < -0.3 is 10.0 Å². The summed E-state index contributed by atoms with van der Waals surface area (Å²) in [7, 11) is -4.03. The quantitative estimate of drug-likeness (QED) is 0.783. The summed E-state index contributed by atoms with van der Waals surface area (Å²) in [6.07, 6.45) is 1.02. The van der Waals surface area contributed by atoms with Crippen molar-refractivity contribution in [3.05, 3.63) is 30.1 Å². The van der Waals surface area contributed by atoms with Crippen molar-refractivity contribution in [2.75, 3.05) is 19.6 Å². The van der Waals surface area contributed by atoms with Crippen molar-refractivity contribution in [2.24, 2.45) is 5.92 Å². The Morgan fingerprint density at radius 3 is 2.71 bits per heavy atom. The van der Waals surface area contributed by atoms with E-state index in [0.29, 0.717) is 19.4 Å². The summed E-state index contributed by atoms with van der Waals surface area (Å²) in [5, 5.41) is 9.01. The van der Waals surface area contributed by atoms with Crippen LogP contribution in [-0.4, -0.2) is 49.9 Å². The van der Waals surface area contributed by atoms with Gasteiger partial charge in [0.15, 0.2) is 0 Å². The van der Waals surface area contributed by atoms with Crippen LogP contribution in [0.2, 0.25) is 0 Å². The van der Waals surface area contributed by atoms with Gasteiger partial charge in [-0.1, -0.05) is 12.1 Å². The van der Waals surface area contributed by atoms with Gasteiger partial charge in [0.1, 0.15) is 10.7 Å². The van der Waals surface area contributed by atoms with Crippen molar-refractivity contribution >= 4 is 21.9 Å². The van der Waals surface area contributed by atoms with E-state index in [1.165, 1.54) is 17.0 Å². The smallest absolute Gasteiger partial charge is 0.308 e. The monoisotopic (exact) mass is 358 g/mol. The van der Waals surface area contributed by atoms with Crippen LogP contribution in [0.15, 0.2) is 29.2 Å². The van der Waals surface area contributed by atoms with E-state index in [-0.39, 0.29) is 25.4 Å². The number of amides is 1. The fraction of sp³-hybridized carbons (Fsp3) is 0.467. The average Bonchev–Trinajstić information content (AvgIpc) is 2.55. The Morgan fingerprint density at radius 2 is 2.04 bits per heavy atom. The lowest BCUT2D eigenvalue weighted by atomic mass is 9.98. The highest BCUT2D eigenvalue weighted by molar-refractivity contribution is 7.89. The number of carbonyl (C=O) groups excluding carboxylic acids is 1. The number of nitrogens with one attached hydrogen (secondary N) is 1. The van der Waals surface area contributed by atoms with Gasteiger partial charge in [0.05, 0.1) is 5.92 Å². The Morgan fingerprint density at radius 1 is 1.33 bits per heavy atom. The summed E-state index contributed by atoms with van der Waals surface area (Å²) in [5.74, 6) is -2.71. The largest absolute Gasteiger partial charge is 0.481 e. The number of hydrogen-bond donors (Lipinski definition) is 2. The Bertz CT molecular complexity index is 722. The van der Waals surface area contributed by atoms with Crippen LogP contribution < -0.4 is 4.72 Å². The van der Waals surface area contributed by atoms with Crippen LogP contribution in [0.5, 0.6) is 0 Å². The first-order valence-electron chi connectivity index (χ1n) is 7.56. The molecule has 1 saturated heterocycles. The summed E-state index contributed by atoms with van der Waals surface area (Å²) < 4.78 is 39.7. The zero-order valence-electron chi connectivity index (χ0n) is 12.9. The first kappa shape index (κ1) is 18.3. The fourth-order valence-electron chi connectivity index (χ4n) is 2.60. The second kappa shape index (κ2) is 7.71. The fourth-order valence-corrected chi connectivity index (χ4v) is 3.70. The van der Waals surface area contributed by atoms with E-state index in [4.69, 9.17) is 5.11 Å². The molecule has 1 aliphatic heterocycles. The topological polar surface area (TPSA) is 104 Å². The predicted octanol–water partition coefficient (Wildman–Crippen LogP) is 0.817. The molecule has 1 atom stereocenters. The zero-order chi connectivity index (χ0) is 17.7. The molecule has 0 aliphatic carbocycles. The minimum atomic E-state index is -4.03. The molecule has 132 valence electrons. The number of rotatable bonds is 6. The van der Waals surface area contributed by atoms with E-state index in [1.807, 2.05) is 0 Å². The number of carbonyl (C=O) groups is 2. The first-order chi connectivity index (χ1) is 11.3. The maximum atomic E-state index is 13.5. The molecule has 0 spiro atoms. The molecule has 0 bridgehead atoms. The van der Waals surface area contributed by atoms with Gasteiger partial charge in [0.25, 0.3) is 0 Å². The molecular weight excluding hydrogens is 339 g/mol. The van der Waals surface area contributed by atoms with Crippen LogP contribution in [-0.2, 0) is 19.6 Å². The number of benzene rings is 1. The minimum Gasteiger partial charge on any atom is -0.481 e. The van der Waals surface area contributed by atoms with E-state index in [0.717, 1.165) is 12.1 Å². The highest BCUT2D eigenvalue weighted by atomic mass is 32.2. The third-order valence-electron chi connectivity index (χ3n) is 3.88. The van der Waals surface area contributed by atoms with Crippen molar-refractivity contribution in [3.63, 3.8) is 0 Å². The number of carboxylic acids is 1. The third-order valence-corrected chi connectivity index (χ3v) is 5.37. The second-order valence-electron chi connectivity index (χ2n) is 5.60. The van der Waals surface area contributed by atoms with Gasteiger partial charge in [-0.3, -0.25) is 9.59 Å². The lowest BCUT2D eigenvalue weighted by Gasteiger charge is -2.30. The summed E-state index contributed by atoms with van der Waals surface area (Å²) >= 11 is 0. The highest BCUT2D eigenvalue weighted by Crippen LogP contribution is 2.17. The molecule has 9 heteroatoms. The molecule has 1 aliphatic rings. The molecule has 2 N–H and O–H groups in total. The SMILES string of the molecule is O=C(O)C1CCCN(C(=O)CCNS(=O)(=O)c2ccccc2F)C1. The molecule has 2 rings (SSSR count). The summed E-state index contributed by atoms with van der Waals surface area (Å²) in [6, 6.07) is 4.97. The standard InChI is InChI=1S/C15H19FN2O5S/c16-12-5-1-2-6-13(12)24(22,23)17-8-7-14(19)18-9-3-4-11(10-18)15(20)21/h1-2,5-6,11,17H,3-4,7-10H2,(H,20,21). The highest BCUT2D eigenvalue weighted by Gasteiger charge is 2.28. The van der Waals surface area contributed by atoms with Crippen LogP contribution in [0, 0.1) is 11.7 Å². The van der Waals surface area contributed by atoms with Gasteiger partial charge in [0.2, 0.25) is 15.9 Å². The normalized spacial score (nSPS) is 18.4. The number of likely N-dealkylation sites (tertiary alicyclic amines) is 1. The lowest BCUT2D eigenvalue weighted by Crippen LogP contribution is -2.43. The molecule has 1 aromatic rings. The molecule has 0 saturated carbocycles. The Labute approximate surface area is 139 Å². The molecule has 1 unspecified atom stereocenters. The van der Waals surface area contributed by atoms with E-state index < -0.39 is 32.6 Å². The van der Waals surface area contributed by atoms with E-state index in [9.17, 15) is 22.4 Å². The Hall–Kier alpha value is -2.00. The summed E-state index contributed by atoms with van der Waals surface area (Å²) in [5.41, 5.74) is 0. The summed E-state index contributed by atoms with van der Waals surface area (Å²) in [6.45, 7) is 0.417. The lowest BCUT2D eigenvalue weighted by molar-refractivity contribution is -0.145. The zero-order valence-corrected chi connectivity index (χ0v) is 13.8. The van der Waals surface area contributed by atoms with Crippen molar-refractivity contribution in [1.29, 1.82) is 0 Å². The van der Waals surface area contributed by atoms with Crippen molar-refractivity contribution in [3.8, 4) is 0 Å². The van der Waals surface area contributed by atoms with Gasteiger partial charge in [-0.2, -0.15) is 0 Å². The third kappa shape index (κ3) is 4.51. The van der Waals surface area contributed by atoms with E-state index in [2.05, 4.69) is 4.72 Å². The summed E-state index contributed by atoms with van der Waals surface area (Å²) in [4.78, 5) is 24.0. The van der Waals surface area contributed by atoms with E-state index in [1.54, 1.807) is 0 Å². The van der Waals surface area contributed by atoms with Crippen molar-refractivity contribution in [2.45, 2.75) is 24.2 Å². The molecule has 0 aromatic heterocycles. The number of sulfonamides is 1. The van der Waals surface area contributed by atoms with Crippen molar-refractivity contribution < 1.29 is 27.5 Å². The van der Waals surface area contributed by atoms with Gasteiger partial charge in [-0.15, -0.1) is 0 Å². The molecule has 24 heavy (non-hydrogen) atoms. The van der Waals surface area contributed by atoms with Gasteiger partial charge in [-0.25, -0.2) is 17.5 Å². The number of nitrogens with zero attached hydrogens (tertiary/aromatic N) is 1. The maximum Gasteiger partial charge on any atom is 0.308 e. The van der Waals surface area contributed by atoms with Gasteiger partial charge in [0, 0.05) is 26.1 Å². The molecule has 1 amide bonds. The van der Waals surface area contributed by atoms with Gasteiger partial charge >= 0.3 is 5.97 Å². The molecule has 1 heterocycles. The maximum absolute atomic E-state index is 13.5. The molecule has 1 aromatic carbocycles. The Kier molecular flexibility index (Phi) is 5.89. The van der Waals surface area contributed by atoms with E-state index >= 15 is 0 Å². The molecule has 1 fully saturated rings. The van der Waals surface area contributed by atoms with Crippen LogP contribution in [0.25, 0.3) is 0 Å². The number of hydrogen-bond acceptors (Lipinski definition) is 4. The minimum absolute atomic E-state index is 0.111. The van der Waals surface area contributed by atoms with Crippen LogP contribution >= 0.6 is 0 Å². The first-order valence-corrected chi connectivity index (χ1v) is 9.04. The van der Waals surface area contributed by atoms with Crippen LogP contribution in [0.4, 0.5) is 4.39 Å². The Balaban J connectivity index is 1.88. The predicted molar refractivity (Wildman–Crippen MR) is 83.1 cm³/mol. The number of piperidine rings is 1. The number of aliphatic carboxylic acids is 1. The molecule has 7 nitrogen and oxygen atoms in total. The van der Waals surface area contributed by atoms with Gasteiger partial charge in [-0.05, 0) is 25.0 Å². The number of halogens is 1. The molecular formula is C15H19FN2O5S.